The number of aliphatic hydroxyl groups excluding tert-OH is 1. The molecule has 0 bridgehead atoms. The third-order valence-electron chi connectivity index (χ3n) is 2.69. The molecule has 1 amide bonds. The molecule has 16 heavy (non-hydrogen) atoms. The van der Waals surface area contributed by atoms with Gasteiger partial charge in [-0.25, -0.2) is 10.4 Å². The number of anilines is 1. The van der Waals surface area contributed by atoms with Gasteiger partial charge < -0.3 is 5.11 Å². The van der Waals surface area contributed by atoms with Gasteiger partial charge in [0.15, 0.2) is 0 Å². The summed E-state index contributed by atoms with van der Waals surface area (Å²) in [6.45, 7) is 3.68. The number of amides is 1. The van der Waals surface area contributed by atoms with Crippen molar-refractivity contribution in [3.63, 3.8) is 0 Å². The van der Waals surface area contributed by atoms with E-state index >= 15 is 0 Å². The number of aliphatic hydroxyl groups is 1. The second-order valence-electron chi connectivity index (χ2n) is 4.23. The Morgan fingerprint density at radius 2 is 2.31 bits per heavy atom. The van der Waals surface area contributed by atoms with Gasteiger partial charge in [-0.15, -0.1) is 0 Å². The van der Waals surface area contributed by atoms with Gasteiger partial charge in [0.1, 0.15) is 0 Å². The smallest absolute Gasteiger partial charge is 0.242 e. The molecule has 2 unspecified atom stereocenters. The molecule has 1 aromatic carbocycles. The van der Waals surface area contributed by atoms with Crippen LogP contribution < -0.4 is 10.4 Å². The number of rotatable bonds is 2. The van der Waals surface area contributed by atoms with Crippen molar-refractivity contribution in [2.75, 3.05) is 5.01 Å². The van der Waals surface area contributed by atoms with Gasteiger partial charge in [0.05, 0.1) is 11.8 Å². The fourth-order valence-corrected chi connectivity index (χ4v) is 1.83. The summed E-state index contributed by atoms with van der Waals surface area (Å²) >= 11 is 0. The molecule has 4 nitrogen and oxygen atoms in total. The van der Waals surface area contributed by atoms with Gasteiger partial charge in [-0.2, -0.15) is 0 Å². The van der Waals surface area contributed by atoms with Crippen molar-refractivity contribution >= 4 is 11.6 Å². The summed E-state index contributed by atoms with van der Waals surface area (Å²) in [5, 5.41) is 11.0. The topological polar surface area (TPSA) is 52.6 Å². The lowest BCUT2D eigenvalue weighted by molar-refractivity contribution is -0.117. The summed E-state index contributed by atoms with van der Waals surface area (Å²) in [5.74, 6) is 0.0650. The van der Waals surface area contributed by atoms with Crippen LogP contribution in [0.2, 0.25) is 0 Å². The normalized spacial score (nSPS) is 22.6. The molecule has 1 heterocycles. The summed E-state index contributed by atoms with van der Waals surface area (Å²) in [6.07, 6.45) is -0.00564. The molecule has 2 atom stereocenters. The van der Waals surface area contributed by atoms with Gasteiger partial charge >= 0.3 is 0 Å². The highest BCUT2D eigenvalue weighted by Gasteiger charge is 2.27. The SMILES string of the molecule is CC1CC(=O)N(c2cccc(C(C)O)c2)N1. The van der Waals surface area contributed by atoms with E-state index in [9.17, 15) is 9.90 Å². The van der Waals surface area contributed by atoms with Crippen LogP contribution in [0, 0.1) is 0 Å². The second-order valence-corrected chi connectivity index (χ2v) is 4.23. The summed E-state index contributed by atoms with van der Waals surface area (Å²) in [7, 11) is 0. The van der Waals surface area contributed by atoms with Crippen LogP contribution in [0.25, 0.3) is 0 Å². The fraction of sp³-hybridized carbons (Fsp3) is 0.417. The predicted octanol–water partition coefficient (Wildman–Crippen LogP) is 1.37. The first-order chi connectivity index (χ1) is 7.58. The van der Waals surface area contributed by atoms with E-state index in [2.05, 4.69) is 5.43 Å². The van der Waals surface area contributed by atoms with Gasteiger partial charge in [-0.3, -0.25) is 4.79 Å². The van der Waals surface area contributed by atoms with E-state index in [-0.39, 0.29) is 11.9 Å². The Morgan fingerprint density at radius 1 is 1.56 bits per heavy atom. The molecule has 1 aliphatic heterocycles. The van der Waals surface area contributed by atoms with Gasteiger partial charge in [0.2, 0.25) is 5.91 Å². The number of hydrazine groups is 1. The Morgan fingerprint density at radius 3 is 2.88 bits per heavy atom. The lowest BCUT2D eigenvalue weighted by atomic mass is 10.1. The third-order valence-corrected chi connectivity index (χ3v) is 2.69. The van der Waals surface area contributed by atoms with E-state index in [1.165, 1.54) is 0 Å². The van der Waals surface area contributed by atoms with E-state index in [1.807, 2.05) is 31.2 Å². The fourth-order valence-electron chi connectivity index (χ4n) is 1.83. The number of hydrogen-bond donors (Lipinski definition) is 2. The van der Waals surface area contributed by atoms with Crippen LogP contribution in [0.15, 0.2) is 24.3 Å². The van der Waals surface area contributed by atoms with E-state index in [4.69, 9.17) is 0 Å². The van der Waals surface area contributed by atoms with E-state index < -0.39 is 6.10 Å². The Hall–Kier alpha value is -1.39. The summed E-state index contributed by atoms with van der Waals surface area (Å²) in [4.78, 5) is 11.7. The minimum absolute atomic E-state index is 0.0650. The molecule has 1 aromatic rings. The molecule has 2 N–H and O–H groups in total. The van der Waals surface area contributed by atoms with E-state index in [0.29, 0.717) is 6.42 Å². The van der Waals surface area contributed by atoms with Gasteiger partial charge in [0, 0.05) is 12.5 Å². The van der Waals surface area contributed by atoms with Crippen molar-refractivity contribution in [1.29, 1.82) is 0 Å². The van der Waals surface area contributed by atoms with Crippen molar-refractivity contribution in [3.8, 4) is 0 Å². The average Bonchev–Trinajstić information content (AvgIpc) is 2.58. The van der Waals surface area contributed by atoms with Crippen LogP contribution in [0.4, 0.5) is 5.69 Å². The predicted molar refractivity (Wildman–Crippen MR) is 61.8 cm³/mol. The van der Waals surface area contributed by atoms with Crippen molar-refractivity contribution in [2.45, 2.75) is 32.4 Å². The van der Waals surface area contributed by atoms with Gasteiger partial charge in [0.25, 0.3) is 0 Å². The van der Waals surface area contributed by atoms with E-state index in [1.54, 1.807) is 11.9 Å². The van der Waals surface area contributed by atoms with Crippen molar-refractivity contribution in [1.82, 2.24) is 5.43 Å². The van der Waals surface area contributed by atoms with Crippen molar-refractivity contribution in [2.24, 2.45) is 0 Å². The molecule has 2 rings (SSSR count). The number of hydrogen-bond acceptors (Lipinski definition) is 3. The maximum Gasteiger partial charge on any atom is 0.242 e. The number of carbonyl (C=O) groups excluding carboxylic acids is 1. The monoisotopic (exact) mass is 220 g/mol. The molecule has 1 fully saturated rings. The number of nitrogens with zero attached hydrogens (tertiary/aromatic N) is 1. The lowest BCUT2D eigenvalue weighted by Gasteiger charge is -2.18. The Labute approximate surface area is 94.9 Å². The highest BCUT2D eigenvalue weighted by atomic mass is 16.3. The van der Waals surface area contributed by atoms with Crippen LogP contribution >= 0.6 is 0 Å². The zero-order valence-corrected chi connectivity index (χ0v) is 9.47. The third kappa shape index (κ3) is 2.08. The highest BCUT2D eigenvalue weighted by Crippen LogP contribution is 2.22. The summed E-state index contributed by atoms with van der Waals surface area (Å²) < 4.78 is 0. The average molecular weight is 220 g/mol. The number of carbonyl (C=O) groups is 1. The van der Waals surface area contributed by atoms with Crippen LogP contribution in [0.1, 0.15) is 31.9 Å². The minimum atomic E-state index is -0.518. The van der Waals surface area contributed by atoms with Crippen LogP contribution in [0.3, 0.4) is 0 Å². The molecular weight excluding hydrogens is 204 g/mol. The second kappa shape index (κ2) is 4.23. The highest BCUT2D eigenvalue weighted by molar-refractivity contribution is 5.94. The molecule has 86 valence electrons. The zero-order chi connectivity index (χ0) is 11.7. The number of benzene rings is 1. The first-order valence-corrected chi connectivity index (χ1v) is 5.45. The van der Waals surface area contributed by atoms with Crippen molar-refractivity contribution < 1.29 is 9.90 Å². The van der Waals surface area contributed by atoms with Crippen LogP contribution in [0.5, 0.6) is 0 Å². The molecule has 0 aliphatic carbocycles. The molecule has 1 aliphatic rings. The van der Waals surface area contributed by atoms with Crippen LogP contribution in [-0.2, 0) is 4.79 Å². The Bertz CT molecular complexity index is 404. The quantitative estimate of drug-likeness (QED) is 0.791. The first kappa shape index (κ1) is 11.1. The molecular formula is C12H16N2O2. The summed E-state index contributed by atoms with van der Waals surface area (Å²) in [5.41, 5.74) is 4.68. The zero-order valence-electron chi connectivity index (χ0n) is 9.47. The Balaban J connectivity index is 2.27. The standard InChI is InChI=1S/C12H16N2O2/c1-8-6-12(16)14(13-8)11-5-3-4-10(7-11)9(2)15/h3-5,7-9,13,15H,6H2,1-2H3. The molecule has 1 saturated heterocycles. The molecule has 4 heteroatoms. The molecule has 0 radical (unpaired) electrons. The Kier molecular flexibility index (Phi) is 2.94. The number of nitrogens with one attached hydrogen (secondary N) is 1. The minimum Gasteiger partial charge on any atom is -0.389 e. The molecule has 0 saturated carbocycles. The van der Waals surface area contributed by atoms with Gasteiger partial charge in [-0.05, 0) is 31.5 Å². The van der Waals surface area contributed by atoms with Gasteiger partial charge in [-0.1, -0.05) is 12.1 Å². The lowest BCUT2D eigenvalue weighted by Crippen LogP contribution is -2.36. The van der Waals surface area contributed by atoms with E-state index in [0.717, 1.165) is 11.3 Å². The van der Waals surface area contributed by atoms with Crippen molar-refractivity contribution in [3.05, 3.63) is 29.8 Å². The first-order valence-electron chi connectivity index (χ1n) is 5.45. The van der Waals surface area contributed by atoms with Crippen LogP contribution in [-0.4, -0.2) is 17.1 Å². The molecule has 0 aromatic heterocycles. The summed E-state index contributed by atoms with van der Waals surface area (Å²) in [6, 6.07) is 7.54. The maximum atomic E-state index is 11.7. The largest absolute Gasteiger partial charge is 0.389 e. The maximum absolute atomic E-state index is 11.7. The molecule has 0 spiro atoms.